The molecule has 11 aromatic rings. The van der Waals surface area contributed by atoms with Crippen molar-refractivity contribution in [3.8, 4) is 67.5 Å². The third kappa shape index (κ3) is 6.42. The molecule has 0 saturated carbocycles. The van der Waals surface area contributed by atoms with Crippen molar-refractivity contribution in [2.45, 2.75) is 6.42 Å². The Morgan fingerprint density at radius 2 is 0.949 bits per heavy atom. The van der Waals surface area contributed by atoms with Gasteiger partial charge < -0.3 is 0 Å². The fourth-order valence-electron chi connectivity index (χ4n) is 8.24. The van der Waals surface area contributed by atoms with E-state index in [1.165, 1.54) is 68.3 Å². The van der Waals surface area contributed by atoms with Gasteiger partial charge in [0.25, 0.3) is 0 Å². The Morgan fingerprint density at radius 1 is 0.373 bits per heavy atom. The minimum Gasteiger partial charge on any atom is -0.208 e. The van der Waals surface area contributed by atoms with E-state index < -0.39 is 0 Å². The SMILES string of the molecule is C=CCc1ccc(-c2ccccc2-c2ccc3sc4cccc(-c5nc(-c6ccccc6)nc(-c6cccc(-c7ccc8c(c7)sc7ccccc78)c6)n5)c4c3c2)cc1. The third-order valence-corrected chi connectivity index (χ3v) is 13.4. The van der Waals surface area contributed by atoms with E-state index in [2.05, 4.69) is 170 Å². The Labute approximate surface area is 350 Å². The van der Waals surface area contributed by atoms with Gasteiger partial charge in [0, 0.05) is 57.0 Å². The second-order valence-corrected chi connectivity index (χ2v) is 17.0. The summed E-state index contributed by atoms with van der Waals surface area (Å²) in [4.78, 5) is 15.6. The zero-order valence-corrected chi connectivity index (χ0v) is 33.6. The quantitative estimate of drug-likeness (QED) is 0.144. The molecule has 59 heavy (non-hydrogen) atoms. The van der Waals surface area contributed by atoms with Crippen molar-refractivity contribution >= 4 is 63.0 Å². The van der Waals surface area contributed by atoms with Gasteiger partial charge in [0.15, 0.2) is 17.5 Å². The summed E-state index contributed by atoms with van der Waals surface area (Å²) in [6.45, 7) is 3.91. The lowest BCUT2D eigenvalue weighted by Gasteiger charge is -2.12. The van der Waals surface area contributed by atoms with Crippen LogP contribution in [0.25, 0.3) is 108 Å². The molecule has 0 unspecified atom stereocenters. The molecule has 0 amide bonds. The maximum Gasteiger partial charge on any atom is 0.164 e. The first kappa shape index (κ1) is 35.1. The van der Waals surface area contributed by atoms with Crippen LogP contribution in [0.5, 0.6) is 0 Å². The zero-order valence-electron chi connectivity index (χ0n) is 32.0. The molecule has 0 aliphatic heterocycles. The Morgan fingerprint density at radius 3 is 1.80 bits per heavy atom. The summed E-state index contributed by atoms with van der Waals surface area (Å²) in [6, 6.07) is 65.1. The molecule has 0 aliphatic carbocycles. The van der Waals surface area contributed by atoms with Gasteiger partial charge >= 0.3 is 0 Å². The van der Waals surface area contributed by atoms with Crippen LogP contribution in [0.1, 0.15) is 5.56 Å². The molecule has 3 heterocycles. The minimum atomic E-state index is 0.643. The monoisotopic (exact) mass is 789 g/mol. The number of allylic oxidation sites excluding steroid dienone is 1. The molecule has 0 fully saturated rings. The van der Waals surface area contributed by atoms with Gasteiger partial charge in [-0.25, -0.2) is 15.0 Å². The lowest BCUT2D eigenvalue weighted by Crippen LogP contribution is -2.00. The largest absolute Gasteiger partial charge is 0.208 e. The maximum absolute atomic E-state index is 5.28. The molecule has 3 nitrogen and oxygen atoms in total. The average molecular weight is 790 g/mol. The van der Waals surface area contributed by atoms with Crippen molar-refractivity contribution in [1.29, 1.82) is 0 Å². The van der Waals surface area contributed by atoms with Crippen LogP contribution >= 0.6 is 22.7 Å². The van der Waals surface area contributed by atoms with Crippen LogP contribution in [0.4, 0.5) is 0 Å². The molecule has 11 rings (SSSR count). The molecule has 0 spiro atoms. The van der Waals surface area contributed by atoms with E-state index in [-0.39, 0.29) is 0 Å². The summed E-state index contributed by atoms with van der Waals surface area (Å²) in [5.74, 6) is 1.94. The summed E-state index contributed by atoms with van der Waals surface area (Å²) in [6.07, 6.45) is 2.81. The van der Waals surface area contributed by atoms with Crippen molar-refractivity contribution in [2.24, 2.45) is 0 Å². The molecular formula is C54H35N3S2. The number of aromatic nitrogens is 3. The van der Waals surface area contributed by atoms with Crippen LogP contribution in [-0.2, 0) is 6.42 Å². The van der Waals surface area contributed by atoms with E-state index in [0.29, 0.717) is 17.5 Å². The normalized spacial score (nSPS) is 11.5. The van der Waals surface area contributed by atoms with Gasteiger partial charge in [-0.15, -0.1) is 29.3 Å². The Balaban J connectivity index is 1.05. The zero-order chi connectivity index (χ0) is 39.3. The molecule has 8 aromatic carbocycles. The molecule has 0 N–H and O–H groups in total. The first-order valence-corrected chi connectivity index (χ1v) is 21.4. The van der Waals surface area contributed by atoms with Crippen LogP contribution in [0.2, 0.25) is 0 Å². The molecule has 0 radical (unpaired) electrons. The lowest BCUT2D eigenvalue weighted by molar-refractivity contribution is 1.08. The number of thiophene rings is 2. The van der Waals surface area contributed by atoms with E-state index in [0.717, 1.165) is 34.1 Å². The predicted molar refractivity (Wildman–Crippen MR) is 252 cm³/mol. The van der Waals surface area contributed by atoms with Crippen molar-refractivity contribution in [3.63, 3.8) is 0 Å². The number of fused-ring (bicyclic) bond motifs is 6. The highest BCUT2D eigenvalue weighted by atomic mass is 32.1. The molecule has 3 aromatic heterocycles. The topological polar surface area (TPSA) is 38.7 Å². The molecule has 0 atom stereocenters. The van der Waals surface area contributed by atoms with Crippen molar-refractivity contribution in [2.75, 3.05) is 0 Å². The van der Waals surface area contributed by atoms with Gasteiger partial charge in [0.05, 0.1) is 0 Å². The Hall–Kier alpha value is -7.05. The van der Waals surface area contributed by atoms with Crippen LogP contribution in [0.15, 0.2) is 195 Å². The number of hydrogen-bond acceptors (Lipinski definition) is 5. The van der Waals surface area contributed by atoms with Crippen LogP contribution in [0, 0.1) is 0 Å². The van der Waals surface area contributed by atoms with E-state index in [4.69, 9.17) is 15.0 Å². The average Bonchev–Trinajstić information content (AvgIpc) is 3.87. The summed E-state index contributed by atoms with van der Waals surface area (Å²) in [5.41, 5.74) is 11.2. The minimum absolute atomic E-state index is 0.643. The fraction of sp³-hybridized carbons (Fsp3) is 0.0185. The van der Waals surface area contributed by atoms with Gasteiger partial charge in [0.1, 0.15) is 0 Å². The third-order valence-electron chi connectivity index (χ3n) is 11.1. The van der Waals surface area contributed by atoms with E-state index in [1.807, 2.05) is 35.6 Å². The van der Waals surface area contributed by atoms with Gasteiger partial charge in [-0.1, -0.05) is 152 Å². The molecular weight excluding hydrogens is 755 g/mol. The number of hydrogen-bond donors (Lipinski definition) is 0. The maximum atomic E-state index is 5.28. The van der Waals surface area contributed by atoms with Gasteiger partial charge in [0.2, 0.25) is 0 Å². The molecule has 0 saturated heterocycles. The smallest absolute Gasteiger partial charge is 0.164 e. The first-order valence-electron chi connectivity index (χ1n) is 19.8. The number of benzene rings is 8. The van der Waals surface area contributed by atoms with E-state index in [1.54, 1.807) is 11.3 Å². The van der Waals surface area contributed by atoms with E-state index in [9.17, 15) is 0 Å². The standard InChI is InChI=1S/C54H35N3S2/c1-2-12-34-23-25-35(26-24-34)41-17-6-7-18-42(41)39-28-30-48-46(32-39)51-45(20-11-22-49(51)58-48)54-56-52(36-13-4-3-5-14-36)55-53(57-54)40-16-10-15-37(31-40)38-27-29-44-43-19-8-9-21-47(43)59-50(44)33-38/h2-11,13-33H,1,12H2. The highest BCUT2D eigenvalue weighted by Crippen LogP contribution is 2.43. The molecule has 0 bridgehead atoms. The van der Waals surface area contributed by atoms with Gasteiger partial charge in [-0.05, 0) is 81.8 Å². The molecule has 0 aliphatic rings. The fourth-order valence-corrected chi connectivity index (χ4v) is 10.5. The van der Waals surface area contributed by atoms with Crippen molar-refractivity contribution in [3.05, 3.63) is 200 Å². The second kappa shape index (κ2) is 14.7. The summed E-state index contributed by atoms with van der Waals surface area (Å²) >= 11 is 3.64. The van der Waals surface area contributed by atoms with Gasteiger partial charge in [-0.3, -0.25) is 0 Å². The molecule has 5 heteroatoms. The highest BCUT2D eigenvalue weighted by molar-refractivity contribution is 7.26. The summed E-state index contributed by atoms with van der Waals surface area (Å²) < 4.78 is 5.01. The second-order valence-electron chi connectivity index (χ2n) is 14.8. The number of nitrogens with zero attached hydrogens (tertiary/aromatic N) is 3. The van der Waals surface area contributed by atoms with Crippen LogP contribution < -0.4 is 0 Å². The first-order chi connectivity index (χ1) is 29.2. The van der Waals surface area contributed by atoms with Crippen LogP contribution in [0.3, 0.4) is 0 Å². The predicted octanol–water partition coefficient (Wildman–Crippen LogP) is 15.3. The Kier molecular flexibility index (Phi) is 8.76. The lowest BCUT2D eigenvalue weighted by atomic mass is 9.93. The molecule has 278 valence electrons. The van der Waals surface area contributed by atoms with Crippen molar-refractivity contribution < 1.29 is 0 Å². The van der Waals surface area contributed by atoms with Crippen molar-refractivity contribution in [1.82, 2.24) is 15.0 Å². The van der Waals surface area contributed by atoms with Crippen LogP contribution in [-0.4, -0.2) is 15.0 Å². The highest BCUT2D eigenvalue weighted by Gasteiger charge is 2.19. The number of rotatable bonds is 8. The summed E-state index contributed by atoms with van der Waals surface area (Å²) in [7, 11) is 0. The summed E-state index contributed by atoms with van der Waals surface area (Å²) in [5, 5.41) is 4.94. The Bertz CT molecular complexity index is 3380. The van der Waals surface area contributed by atoms with Gasteiger partial charge in [-0.2, -0.15) is 0 Å². The van der Waals surface area contributed by atoms with E-state index >= 15 is 0 Å².